The number of ketones is 1. The Balaban J connectivity index is 2.25. The highest BCUT2D eigenvalue weighted by Gasteiger charge is 2.12. The zero-order chi connectivity index (χ0) is 15.4. The van der Waals surface area contributed by atoms with E-state index >= 15 is 0 Å². The van der Waals surface area contributed by atoms with E-state index < -0.39 is 4.92 Å². The van der Waals surface area contributed by atoms with E-state index in [-0.39, 0.29) is 17.3 Å². The standard InChI is InChI=1S/C14H11N3O4/c15-14(16-19)11-3-1-9(2-4-11)13(18)10-5-7-12(8-6-10)17(20)21/h1-8,19H,(H2,15,16). The maximum absolute atomic E-state index is 12.2. The number of carbonyl (C=O) groups is 1. The summed E-state index contributed by atoms with van der Waals surface area (Å²) < 4.78 is 0. The van der Waals surface area contributed by atoms with Gasteiger partial charge in [-0.05, 0) is 12.1 Å². The van der Waals surface area contributed by atoms with E-state index in [9.17, 15) is 14.9 Å². The zero-order valence-corrected chi connectivity index (χ0v) is 10.8. The van der Waals surface area contributed by atoms with Gasteiger partial charge in [-0.2, -0.15) is 0 Å². The van der Waals surface area contributed by atoms with Gasteiger partial charge in [-0.1, -0.05) is 29.4 Å². The highest BCUT2D eigenvalue weighted by Crippen LogP contribution is 2.15. The molecule has 0 aromatic heterocycles. The number of carbonyl (C=O) groups excluding carboxylic acids is 1. The second-order valence-electron chi connectivity index (χ2n) is 4.20. The first-order valence-corrected chi connectivity index (χ1v) is 5.90. The maximum atomic E-state index is 12.2. The molecule has 0 fully saturated rings. The van der Waals surface area contributed by atoms with Crippen molar-refractivity contribution in [3.8, 4) is 0 Å². The Morgan fingerprint density at radius 3 is 1.86 bits per heavy atom. The molecule has 0 unspecified atom stereocenters. The van der Waals surface area contributed by atoms with Crippen LogP contribution in [0.4, 0.5) is 5.69 Å². The Labute approximate surface area is 119 Å². The monoisotopic (exact) mass is 285 g/mol. The fraction of sp³-hybridized carbons (Fsp3) is 0. The number of nitro benzene ring substituents is 1. The number of oxime groups is 1. The average Bonchev–Trinajstić information content (AvgIpc) is 2.53. The van der Waals surface area contributed by atoms with Crippen LogP contribution in [-0.2, 0) is 0 Å². The van der Waals surface area contributed by atoms with Gasteiger partial charge in [0.15, 0.2) is 11.6 Å². The summed E-state index contributed by atoms with van der Waals surface area (Å²) in [5.41, 5.74) is 6.58. The topological polar surface area (TPSA) is 119 Å². The van der Waals surface area contributed by atoms with Gasteiger partial charge >= 0.3 is 0 Å². The van der Waals surface area contributed by atoms with Gasteiger partial charge in [0.25, 0.3) is 5.69 Å². The highest BCUT2D eigenvalue weighted by atomic mass is 16.6. The van der Waals surface area contributed by atoms with E-state index in [1.165, 1.54) is 36.4 Å². The molecule has 2 rings (SSSR count). The van der Waals surface area contributed by atoms with Crippen molar-refractivity contribution in [3.05, 3.63) is 75.3 Å². The number of nitrogens with zero attached hydrogens (tertiary/aromatic N) is 2. The summed E-state index contributed by atoms with van der Waals surface area (Å²) in [7, 11) is 0. The lowest BCUT2D eigenvalue weighted by Crippen LogP contribution is -2.13. The third-order valence-corrected chi connectivity index (χ3v) is 2.89. The van der Waals surface area contributed by atoms with Gasteiger partial charge in [0, 0.05) is 28.8 Å². The lowest BCUT2D eigenvalue weighted by atomic mass is 10.0. The molecule has 0 saturated heterocycles. The molecule has 106 valence electrons. The molecule has 7 heteroatoms. The minimum Gasteiger partial charge on any atom is -0.409 e. The molecule has 0 aliphatic carbocycles. The molecule has 3 N–H and O–H groups in total. The highest BCUT2D eigenvalue weighted by molar-refractivity contribution is 6.09. The van der Waals surface area contributed by atoms with Gasteiger partial charge in [-0.3, -0.25) is 14.9 Å². The van der Waals surface area contributed by atoms with E-state index in [1.54, 1.807) is 12.1 Å². The van der Waals surface area contributed by atoms with Crippen molar-refractivity contribution in [2.24, 2.45) is 10.9 Å². The van der Waals surface area contributed by atoms with Gasteiger partial charge in [-0.15, -0.1) is 0 Å². The molecule has 0 bridgehead atoms. The summed E-state index contributed by atoms with van der Waals surface area (Å²) in [6.45, 7) is 0. The van der Waals surface area contributed by atoms with Crippen molar-refractivity contribution in [1.29, 1.82) is 0 Å². The van der Waals surface area contributed by atoms with Crippen molar-refractivity contribution >= 4 is 17.3 Å². The Bertz CT molecular complexity index is 706. The predicted molar refractivity (Wildman–Crippen MR) is 75.5 cm³/mol. The Kier molecular flexibility index (Phi) is 3.94. The van der Waals surface area contributed by atoms with Crippen molar-refractivity contribution in [2.75, 3.05) is 0 Å². The number of amidine groups is 1. The molecule has 0 atom stereocenters. The minimum atomic E-state index is -0.528. The predicted octanol–water partition coefficient (Wildman–Crippen LogP) is 1.92. The number of rotatable bonds is 4. The molecule has 0 heterocycles. The third kappa shape index (κ3) is 3.03. The van der Waals surface area contributed by atoms with Crippen LogP contribution >= 0.6 is 0 Å². The van der Waals surface area contributed by atoms with Gasteiger partial charge < -0.3 is 10.9 Å². The average molecular weight is 285 g/mol. The number of hydrogen-bond acceptors (Lipinski definition) is 5. The first kappa shape index (κ1) is 14.2. The summed E-state index contributed by atoms with van der Waals surface area (Å²) in [6, 6.07) is 11.5. The molecule has 2 aromatic carbocycles. The molecule has 0 aliphatic rings. The molecule has 7 nitrogen and oxygen atoms in total. The summed E-state index contributed by atoms with van der Waals surface area (Å²) in [5, 5.41) is 22.0. The van der Waals surface area contributed by atoms with E-state index in [4.69, 9.17) is 10.9 Å². The molecule has 0 amide bonds. The van der Waals surface area contributed by atoms with Crippen molar-refractivity contribution in [1.82, 2.24) is 0 Å². The molecular weight excluding hydrogens is 274 g/mol. The van der Waals surface area contributed by atoms with Crippen LogP contribution in [0.3, 0.4) is 0 Å². The first-order valence-electron chi connectivity index (χ1n) is 5.90. The summed E-state index contributed by atoms with van der Waals surface area (Å²) in [6.07, 6.45) is 0. The SMILES string of the molecule is NC(=NO)c1ccc(C(=O)c2ccc([N+](=O)[O-])cc2)cc1. The molecule has 21 heavy (non-hydrogen) atoms. The minimum absolute atomic E-state index is 0.0515. The van der Waals surface area contributed by atoms with Gasteiger partial charge in [-0.25, -0.2) is 0 Å². The Morgan fingerprint density at radius 1 is 1.00 bits per heavy atom. The van der Waals surface area contributed by atoms with Gasteiger partial charge in [0.1, 0.15) is 0 Å². The van der Waals surface area contributed by atoms with Gasteiger partial charge in [0.2, 0.25) is 0 Å². The molecule has 2 aromatic rings. The number of nitrogens with two attached hydrogens (primary N) is 1. The molecule has 0 radical (unpaired) electrons. The van der Waals surface area contributed by atoms with Crippen LogP contribution in [0.25, 0.3) is 0 Å². The summed E-state index contributed by atoms with van der Waals surface area (Å²) in [4.78, 5) is 22.2. The van der Waals surface area contributed by atoms with E-state index in [0.29, 0.717) is 16.7 Å². The van der Waals surface area contributed by atoms with Crippen LogP contribution in [0.1, 0.15) is 21.5 Å². The van der Waals surface area contributed by atoms with Crippen LogP contribution in [0.15, 0.2) is 53.7 Å². The van der Waals surface area contributed by atoms with Crippen LogP contribution < -0.4 is 5.73 Å². The maximum Gasteiger partial charge on any atom is 0.269 e. The molecule has 0 saturated carbocycles. The smallest absolute Gasteiger partial charge is 0.269 e. The second-order valence-corrected chi connectivity index (χ2v) is 4.20. The normalized spacial score (nSPS) is 11.1. The lowest BCUT2D eigenvalue weighted by molar-refractivity contribution is -0.384. The van der Waals surface area contributed by atoms with E-state index in [0.717, 1.165) is 0 Å². The van der Waals surface area contributed by atoms with Crippen molar-refractivity contribution in [3.63, 3.8) is 0 Å². The Hall–Kier alpha value is -3.22. The number of benzene rings is 2. The van der Waals surface area contributed by atoms with Gasteiger partial charge in [0.05, 0.1) is 4.92 Å². The third-order valence-electron chi connectivity index (χ3n) is 2.89. The zero-order valence-electron chi connectivity index (χ0n) is 10.8. The van der Waals surface area contributed by atoms with E-state index in [2.05, 4.69) is 5.16 Å². The van der Waals surface area contributed by atoms with Crippen LogP contribution in [0, 0.1) is 10.1 Å². The molecule has 0 aliphatic heterocycles. The molecule has 0 spiro atoms. The second kappa shape index (κ2) is 5.83. The number of nitro groups is 1. The van der Waals surface area contributed by atoms with Crippen molar-refractivity contribution in [2.45, 2.75) is 0 Å². The van der Waals surface area contributed by atoms with Crippen LogP contribution in [0.5, 0.6) is 0 Å². The number of hydrogen-bond donors (Lipinski definition) is 2. The largest absolute Gasteiger partial charge is 0.409 e. The lowest BCUT2D eigenvalue weighted by Gasteiger charge is -2.03. The Morgan fingerprint density at radius 2 is 1.43 bits per heavy atom. The van der Waals surface area contributed by atoms with Crippen LogP contribution in [-0.4, -0.2) is 21.7 Å². The fourth-order valence-electron chi connectivity index (χ4n) is 1.75. The molecular formula is C14H11N3O4. The quantitative estimate of drug-likeness (QED) is 0.222. The van der Waals surface area contributed by atoms with E-state index in [1.807, 2.05) is 0 Å². The number of non-ortho nitro benzene ring substituents is 1. The van der Waals surface area contributed by atoms with Crippen LogP contribution in [0.2, 0.25) is 0 Å². The summed E-state index contributed by atoms with van der Waals surface area (Å²) >= 11 is 0. The summed E-state index contributed by atoms with van der Waals surface area (Å²) in [5.74, 6) is -0.319. The first-order chi connectivity index (χ1) is 10.0. The fourth-order valence-corrected chi connectivity index (χ4v) is 1.75. The van der Waals surface area contributed by atoms with Crippen molar-refractivity contribution < 1.29 is 14.9 Å².